The van der Waals surface area contributed by atoms with Crippen LogP contribution in [-0.4, -0.2) is 20.8 Å². The lowest BCUT2D eigenvalue weighted by atomic mass is 10.2. The number of carbonyl (C=O) groups is 1. The van der Waals surface area contributed by atoms with Crippen molar-refractivity contribution in [3.8, 4) is 0 Å². The molecule has 0 aromatic carbocycles. The van der Waals surface area contributed by atoms with E-state index < -0.39 is 16.5 Å². The summed E-state index contributed by atoms with van der Waals surface area (Å²) in [5.41, 5.74) is -0.614. The van der Waals surface area contributed by atoms with Crippen LogP contribution in [0.2, 0.25) is 5.15 Å². The molecule has 0 saturated carbocycles. The molecule has 1 N–H and O–H groups in total. The van der Waals surface area contributed by atoms with Crippen molar-refractivity contribution in [3.05, 3.63) is 49.2 Å². The molecular weight excluding hydrogens is 316 g/mol. The normalized spacial score (nSPS) is 10.4. The third-order valence-corrected chi connectivity index (χ3v) is 4.08. The van der Waals surface area contributed by atoms with Crippen LogP contribution in [0.1, 0.15) is 27.2 Å². The summed E-state index contributed by atoms with van der Waals surface area (Å²) in [6.45, 7) is 2.22. The van der Waals surface area contributed by atoms with Gasteiger partial charge in [0.1, 0.15) is 10.6 Å². The molecule has 0 spiro atoms. The molecule has 2 aromatic heterocycles. The fourth-order valence-corrected chi connectivity index (χ4v) is 2.66. The van der Waals surface area contributed by atoms with Crippen molar-refractivity contribution in [2.75, 3.05) is 0 Å². The third-order valence-electron chi connectivity index (χ3n) is 2.66. The van der Waals surface area contributed by atoms with Gasteiger partial charge in [-0.3, -0.25) is 14.9 Å². The van der Waals surface area contributed by atoms with E-state index >= 15 is 0 Å². The Morgan fingerprint density at radius 1 is 1.52 bits per heavy atom. The first-order chi connectivity index (χ1) is 10.0. The van der Waals surface area contributed by atoms with Gasteiger partial charge in [0.15, 0.2) is 0 Å². The summed E-state index contributed by atoms with van der Waals surface area (Å²) in [6.07, 6.45) is 3.87. The minimum Gasteiger partial charge on any atom is -0.345 e. The van der Waals surface area contributed by atoms with Crippen LogP contribution >= 0.6 is 22.9 Å². The van der Waals surface area contributed by atoms with Crippen LogP contribution in [0.25, 0.3) is 0 Å². The fraction of sp³-hybridized carbons (Fsp3) is 0.250. The minimum absolute atomic E-state index is 0.118. The number of nitro groups is 1. The standard InChI is InChI=1S/C12H11ClN4O3S/c1-2-7-5-15-9(21-7)6-16-12(18)8-3-4-14-11(13)10(8)17(19)20/h3-5H,2,6H2,1H3,(H,16,18). The van der Waals surface area contributed by atoms with Gasteiger partial charge < -0.3 is 5.32 Å². The highest BCUT2D eigenvalue weighted by molar-refractivity contribution is 7.11. The number of hydrogen-bond donors (Lipinski definition) is 1. The van der Waals surface area contributed by atoms with Crippen LogP contribution in [0, 0.1) is 10.1 Å². The summed E-state index contributed by atoms with van der Waals surface area (Å²) in [6, 6.07) is 1.26. The molecule has 9 heteroatoms. The highest BCUT2D eigenvalue weighted by Gasteiger charge is 2.24. The highest BCUT2D eigenvalue weighted by Crippen LogP contribution is 2.25. The Morgan fingerprint density at radius 2 is 2.29 bits per heavy atom. The number of halogens is 1. The van der Waals surface area contributed by atoms with E-state index in [0.29, 0.717) is 0 Å². The molecule has 0 atom stereocenters. The van der Waals surface area contributed by atoms with Crippen molar-refractivity contribution in [1.82, 2.24) is 15.3 Å². The molecule has 110 valence electrons. The number of thiazole rings is 1. The monoisotopic (exact) mass is 326 g/mol. The van der Waals surface area contributed by atoms with Gasteiger partial charge in [-0.05, 0) is 12.5 Å². The van der Waals surface area contributed by atoms with Gasteiger partial charge in [-0.2, -0.15) is 0 Å². The molecule has 0 aliphatic carbocycles. The van der Waals surface area contributed by atoms with Gasteiger partial charge >= 0.3 is 5.69 Å². The summed E-state index contributed by atoms with van der Waals surface area (Å²) in [5.74, 6) is -0.584. The van der Waals surface area contributed by atoms with Crippen molar-refractivity contribution >= 4 is 34.5 Å². The van der Waals surface area contributed by atoms with Gasteiger partial charge in [-0.1, -0.05) is 18.5 Å². The Labute approximate surface area is 129 Å². The van der Waals surface area contributed by atoms with E-state index in [9.17, 15) is 14.9 Å². The first-order valence-corrected chi connectivity index (χ1v) is 7.23. The molecule has 0 unspecified atom stereocenters. The first-order valence-electron chi connectivity index (χ1n) is 6.03. The highest BCUT2D eigenvalue weighted by atomic mass is 35.5. The van der Waals surface area contributed by atoms with Gasteiger partial charge in [-0.25, -0.2) is 9.97 Å². The summed E-state index contributed by atoms with van der Waals surface area (Å²) >= 11 is 7.15. The Bertz CT molecular complexity index is 689. The zero-order valence-electron chi connectivity index (χ0n) is 11.0. The number of rotatable bonds is 5. The van der Waals surface area contributed by atoms with Crippen molar-refractivity contribution in [1.29, 1.82) is 0 Å². The van der Waals surface area contributed by atoms with Crippen molar-refractivity contribution in [3.63, 3.8) is 0 Å². The van der Waals surface area contributed by atoms with E-state index in [0.717, 1.165) is 16.3 Å². The van der Waals surface area contributed by atoms with Crippen molar-refractivity contribution < 1.29 is 9.72 Å². The van der Waals surface area contributed by atoms with Crippen LogP contribution in [0.3, 0.4) is 0 Å². The molecule has 2 rings (SSSR count). The lowest BCUT2D eigenvalue weighted by Crippen LogP contribution is -2.23. The van der Waals surface area contributed by atoms with E-state index in [4.69, 9.17) is 11.6 Å². The molecule has 0 aliphatic heterocycles. The average Bonchev–Trinajstić information content (AvgIpc) is 2.92. The topological polar surface area (TPSA) is 98.0 Å². The van der Waals surface area contributed by atoms with Crippen LogP contribution in [0.15, 0.2) is 18.5 Å². The number of pyridine rings is 1. The Balaban J connectivity index is 2.14. The van der Waals surface area contributed by atoms with Crippen LogP contribution in [-0.2, 0) is 13.0 Å². The number of nitrogens with one attached hydrogen (secondary N) is 1. The Morgan fingerprint density at radius 3 is 2.90 bits per heavy atom. The molecule has 0 aliphatic rings. The summed E-state index contributed by atoms with van der Waals surface area (Å²) in [7, 11) is 0. The fourth-order valence-electron chi connectivity index (χ4n) is 1.63. The van der Waals surface area contributed by atoms with Crippen molar-refractivity contribution in [2.45, 2.75) is 19.9 Å². The van der Waals surface area contributed by atoms with Gasteiger partial charge in [0.25, 0.3) is 5.91 Å². The van der Waals surface area contributed by atoms with Crippen LogP contribution < -0.4 is 5.32 Å². The minimum atomic E-state index is -0.719. The zero-order valence-corrected chi connectivity index (χ0v) is 12.6. The van der Waals surface area contributed by atoms with E-state index in [1.807, 2.05) is 6.92 Å². The summed E-state index contributed by atoms with van der Waals surface area (Å²) < 4.78 is 0. The van der Waals surface area contributed by atoms with Crippen LogP contribution in [0.5, 0.6) is 0 Å². The number of amides is 1. The second-order valence-electron chi connectivity index (χ2n) is 4.01. The van der Waals surface area contributed by atoms with E-state index in [2.05, 4.69) is 15.3 Å². The third kappa shape index (κ3) is 3.53. The molecule has 1 amide bonds. The van der Waals surface area contributed by atoms with E-state index in [-0.39, 0.29) is 17.3 Å². The van der Waals surface area contributed by atoms with Crippen molar-refractivity contribution in [2.24, 2.45) is 0 Å². The van der Waals surface area contributed by atoms with Gasteiger partial charge in [0.05, 0.1) is 11.5 Å². The largest absolute Gasteiger partial charge is 0.345 e. The zero-order chi connectivity index (χ0) is 15.4. The lowest BCUT2D eigenvalue weighted by Gasteiger charge is -2.04. The first kappa shape index (κ1) is 15.3. The van der Waals surface area contributed by atoms with E-state index in [1.54, 1.807) is 6.20 Å². The van der Waals surface area contributed by atoms with Gasteiger partial charge in [0.2, 0.25) is 5.15 Å². The predicted molar refractivity (Wildman–Crippen MR) is 78.6 cm³/mol. The Kier molecular flexibility index (Phi) is 4.81. The SMILES string of the molecule is CCc1cnc(CNC(=O)c2ccnc(Cl)c2[N+](=O)[O-])s1. The van der Waals surface area contributed by atoms with Gasteiger partial charge in [-0.15, -0.1) is 11.3 Å². The molecule has 7 nitrogen and oxygen atoms in total. The quantitative estimate of drug-likeness (QED) is 0.517. The maximum atomic E-state index is 12.0. The molecule has 0 bridgehead atoms. The molecule has 2 heterocycles. The second kappa shape index (κ2) is 6.59. The molecule has 0 fully saturated rings. The maximum absolute atomic E-state index is 12.0. The molecule has 21 heavy (non-hydrogen) atoms. The lowest BCUT2D eigenvalue weighted by molar-refractivity contribution is -0.385. The number of nitrogens with zero attached hydrogens (tertiary/aromatic N) is 3. The molecule has 0 radical (unpaired) electrons. The number of aromatic nitrogens is 2. The summed E-state index contributed by atoms with van der Waals surface area (Å²) in [5, 5.41) is 14.0. The Hall–Kier alpha value is -2.06. The van der Waals surface area contributed by atoms with Gasteiger partial charge in [0, 0.05) is 17.3 Å². The second-order valence-corrected chi connectivity index (χ2v) is 5.57. The summed E-state index contributed by atoms with van der Waals surface area (Å²) in [4.78, 5) is 31.2. The maximum Gasteiger partial charge on any atom is 0.319 e. The smallest absolute Gasteiger partial charge is 0.319 e. The number of carbonyl (C=O) groups excluding carboxylic acids is 1. The number of aryl methyl sites for hydroxylation is 1. The average molecular weight is 327 g/mol. The molecule has 0 saturated heterocycles. The predicted octanol–water partition coefficient (Wildman–Crippen LogP) is 2.59. The van der Waals surface area contributed by atoms with Crippen LogP contribution in [0.4, 0.5) is 5.69 Å². The van der Waals surface area contributed by atoms with E-state index in [1.165, 1.54) is 23.6 Å². The number of hydrogen-bond acceptors (Lipinski definition) is 6. The molecule has 2 aromatic rings. The molecular formula is C12H11ClN4O3S.